The Balaban J connectivity index is 2.28. The molecule has 0 aromatic heterocycles. The number of rotatable bonds is 3. The Hall–Kier alpha value is -0.670. The summed E-state index contributed by atoms with van der Waals surface area (Å²) in [5, 5.41) is 0.445. The summed E-state index contributed by atoms with van der Waals surface area (Å²) in [6, 6.07) is 8.04. The average Bonchev–Trinajstić information content (AvgIpc) is 2.58. The van der Waals surface area contributed by atoms with Crippen molar-refractivity contribution in [2.75, 3.05) is 11.4 Å². The van der Waals surface area contributed by atoms with Crippen LogP contribution in [-0.4, -0.2) is 23.1 Å². The first kappa shape index (κ1) is 12.8. The van der Waals surface area contributed by atoms with Crippen LogP contribution in [-0.2, 0) is 4.79 Å². The van der Waals surface area contributed by atoms with E-state index < -0.39 is 0 Å². The number of hydrogen-bond donors (Lipinski definition) is 0. The summed E-state index contributed by atoms with van der Waals surface area (Å²) in [6.07, 6.45) is 0.447. The van der Waals surface area contributed by atoms with Crippen molar-refractivity contribution in [2.24, 2.45) is 0 Å². The number of carbonyl (C=O) groups is 1. The van der Waals surface area contributed by atoms with E-state index in [0.29, 0.717) is 18.2 Å². The fourth-order valence-electron chi connectivity index (χ4n) is 1.93. The maximum atomic E-state index is 11.9. The lowest BCUT2D eigenvalue weighted by Crippen LogP contribution is -2.25. The predicted molar refractivity (Wildman–Crippen MR) is 74.0 cm³/mol. The SMILES string of the molecule is CC(C)Sc1ccccc1N1CC(Cl)CC1=O. The van der Waals surface area contributed by atoms with Crippen LogP contribution in [0.2, 0.25) is 0 Å². The molecular weight excluding hydrogens is 254 g/mol. The molecule has 92 valence electrons. The third-order valence-corrected chi connectivity index (χ3v) is 3.96. The van der Waals surface area contributed by atoms with Crippen LogP contribution in [0.4, 0.5) is 5.69 Å². The summed E-state index contributed by atoms with van der Waals surface area (Å²) >= 11 is 7.82. The van der Waals surface area contributed by atoms with Crippen LogP contribution in [0.1, 0.15) is 20.3 Å². The van der Waals surface area contributed by atoms with Crippen molar-refractivity contribution in [3.05, 3.63) is 24.3 Å². The Bertz CT molecular complexity index is 422. The number of alkyl halides is 1. The molecule has 1 atom stereocenters. The molecule has 1 aliphatic rings. The van der Waals surface area contributed by atoms with Crippen LogP contribution in [0.5, 0.6) is 0 Å². The second-order valence-electron chi connectivity index (χ2n) is 4.44. The molecule has 1 aliphatic heterocycles. The second-order valence-corrected chi connectivity index (χ2v) is 6.68. The number of hydrogen-bond acceptors (Lipinski definition) is 2. The van der Waals surface area contributed by atoms with E-state index in [1.807, 2.05) is 23.1 Å². The maximum Gasteiger partial charge on any atom is 0.228 e. The number of anilines is 1. The molecule has 1 aromatic rings. The summed E-state index contributed by atoms with van der Waals surface area (Å²) in [5.74, 6) is 0.127. The molecule has 1 amide bonds. The third-order valence-electron chi connectivity index (χ3n) is 2.60. The molecule has 0 saturated carbocycles. The molecule has 2 rings (SSSR count). The number of thioether (sulfide) groups is 1. The van der Waals surface area contributed by atoms with Gasteiger partial charge in [0.15, 0.2) is 0 Å². The summed E-state index contributed by atoms with van der Waals surface area (Å²) in [7, 11) is 0. The van der Waals surface area contributed by atoms with Crippen LogP contribution in [0.3, 0.4) is 0 Å². The molecular formula is C13H16ClNOS. The monoisotopic (exact) mass is 269 g/mol. The van der Waals surface area contributed by atoms with Crippen LogP contribution in [0.25, 0.3) is 0 Å². The van der Waals surface area contributed by atoms with E-state index in [-0.39, 0.29) is 11.3 Å². The lowest BCUT2D eigenvalue weighted by Gasteiger charge is -2.20. The van der Waals surface area contributed by atoms with Crippen molar-refractivity contribution >= 4 is 35.0 Å². The molecule has 0 N–H and O–H groups in total. The molecule has 1 saturated heterocycles. The Labute approximate surface area is 111 Å². The Morgan fingerprint density at radius 1 is 1.41 bits per heavy atom. The van der Waals surface area contributed by atoms with Gasteiger partial charge in [0.1, 0.15) is 0 Å². The van der Waals surface area contributed by atoms with Crippen molar-refractivity contribution in [3.63, 3.8) is 0 Å². The van der Waals surface area contributed by atoms with E-state index in [9.17, 15) is 4.79 Å². The molecule has 0 bridgehead atoms. The summed E-state index contributed by atoms with van der Waals surface area (Å²) in [5.41, 5.74) is 0.999. The molecule has 0 aliphatic carbocycles. The topological polar surface area (TPSA) is 20.3 Å². The van der Waals surface area contributed by atoms with Gasteiger partial charge in [-0.05, 0) is 12.1 Å². The molecule has 4 heteroatoms. The highest BCUT2D eigenvalue weighted by Gasteiger charge is 2.30. The van der Waals surface area contributed by atoms with E-state index in [2.05, 4.69) is 19.9 Å². The summed E-state index contributed by atoms with van der Waals surface area (Å²) < 4.78 is 0. The Kier molecular flexibility index (Phi) is 4.00. The third kappa shape index (κ3) is 2.96. The van der Waals surface area contributed by atoms with E-state index in [1.54, 1.807) is 11.8 Å². The van der Waals surface area contributed by atoms with Gasteiger partial charge in [-0.2, -0.15) is 0 Å². The second kappa shape index (κ2) is 5.32. The number of para-hydroxylation sites is 1. The van der Waals surface area contributed by atoms with Gasteiger partial charge in [0, 0.05) is 23.1 Å². The fraction of sp³-hybridized carbons (Fsp3) is 0.462. The van der Waals surface area contributed by atoms with Gasteiger partial charge in [-0.1, -0.05) is 26.0 Å². The minimum absolute atomic E-state index is 0.0559. The lowest BCUT2D eigenvalue weighted by atomic mass is 10.3. The molecule has 0 radical (unpaired) electrons. The minimum atomic E-state index is -0.0559. The zero-order valence-electron chi connectivity index (χ0n) is 10.0. The standard InChI is InChI=1S/C13H16ClNOS/c1-9(2)17-12-6-4-3-5-11(12)15-8-10(14)7-13(15)16/h3-6,9-10H,7-8H2,1-2H3. The fourth-order valence-corrected chi connectivity index (χ4v) is 3.16. The van der Waals surface area contributed by atoms with Crippen molar-refractivity contribution in [1.82, 2.24) is 0 Å². The first-order valence-corrected chi connectivity index (χ1v) is 7.09. The quantitative estimate of drug-likeness (QED) is 0.618. The molecule has 1 heterocycles. The van der Waals surface area contributed by atoms with Crippen LogP contribution >= 0.6 is 23.4 Å². The van der Waals surface area contributed by atoms with Gasteiger partial charge in [0.2, 0.25) is 5.91 Å². The van der Waals surface area contributed by atoms with Gasteiger partial charge in [-0.15, -0.1) is 23.4 Å². The van der Waals surface area contributed by atoms with Crippen molar-refractivity contribution in [3.8, 4) is 0 Å². The van der Waals surface area contributed by atoms with Crippen molar-refractivity contribution in [2.45, 2.75) is 35.8 Å². The highest BCUT2D eigenvalue weighted by molar-refractivity contribution is 8.00. The van der Waals surface area contributed by atoms with Crippen molar-refractivity contribution in [1.29, 1.82) is 0 Å². The van der Waals surface area contributed by atoms with E-state index in [0.717, 1.165) is 10.6 Å². The maximum absolute atomic E-state index is 11.9. The summed E-state index contributed by atoms with van der Waals surface area (Å²) in [4.78, 5) is 14.8. The van der Waals surface area contributed by atoms with Gasteiger partial charge in [0.25, 0.3) is 0 Å². The summed E-state index contributed by atoms with van der Waals surface area (Å²) in [6.45, 7) is 4.92. The van der Waals surface area contributed by atoms with Crippen LogP contribution in [0, 0.1) is 0 Å². The molecule has 1 fully saturated rings. The molecule has 1 aromatic carbocycles. The van der Waals surface area contributed by atoms with E-state index in [4.69, 9.17) is 11.6 Å². The van der Waals surface area contributed by atoms with E-state index in [1.165, 1.54) is 0 Å². The highest BCUT2D eigenvalue weighted by atomic mass is 35.5. The van der Waals surface area contributed by atoms with Crippen LogP contribution < -0.4 is 4.90 Å². The van der Waals surface area contributed by atoms with Gasteiger partial charge in [-0.3, -0.25) is 4.79 Å². The van der Waals surface area contributed by atoms with E-state index >= 15 is 0 Å². The largest absolute Gasteiger partial charge is 0.310 e. The van der Waals surface area contributed by atoms with Crippen LogP contribution in [0.15, 0.2) is 29.2 Å². The number of nitrogens with zero attached hydrogens (tertiary/aromatic N) is 1. The zero-order chi connectivity index (χ0) is 12.4. The Morgan fingerprint density at radius 2 is 2.12 bits per heavy atom. The average molecular weight is 270 g/mol. The van der Waals surface area contributed by atoms with Gasteiger partial charge >= 0.3 is 0 Å². The van der Waals surface area contributed by atoms with Gasteiger partial charge < -0.3 is 4.90 Å². The van der Waals surface area contributed by atoms with Gasteiger partial charge in [-0.25, -0.2) is 0 Å². The number of carbonyl (C=O) groups excluding carboxylic acids is 1. The van der Waals surface area contributed by atoms with Crippen molar-refractivity contribution < 1.29 is 4.79 Å². The lowest BCUT2D eigenvalue weighted by molar-refractivity contribution is -0.117. The predicted octanol–water partition coefficient (Wildman–Crippen LogP) is 3.53. The minimum Gasteiger partial charge on any atom is -0.310 e. The first-order chi connectivity index (χ1) is 8.08. The van der Waals surface area contributed by atoms with Gasteiger partial charge in [0.05, 0.1) is 11.1 Å². The molecule has 1 unspecified atom stereocenters. The number of benzene rings is 1. The number of halogens is 1. The normalized spacial score (nSPS) is 20.4. The molecule has 0 spiro atoms. The zero-order valence-corrected chi connectivity index (χ0v) is 11.6. The molecule has 17 heavy (non-hydrogen) atoms. The molecule has 2 nitrogen and oxygen atoms in total. The Morgan fingerprint density at radius 3 is 2.71 bits per heavy atom. The smallest absolute Gasteiger partial charge is 0.228 e. The number of amides is 1. The highest BCUT2D eigenvalue weighted by Crippen LogP contribution is 2.35. The first-order valence-electron chi connectivity index (χ1n) is 5.78.